The van der Waals surface area contributed by atoms with Crippen LogP contribution >= 0.6 is 11.8 Å². The third-order valence-electron chi connectivity index (χ3n) is 2.59. The van der Waals surface area contributed by atoms with Crippen molar-refractivity contribution >= 4 is 23.4 Å². The van der Waals surface area contributed by atoms with Crippen LogP contribution in [0.2, 0.25) is 0 Å². The number of nitrogens with zero attached hydrogens (tertiary/aromatic N) is 2. The lowest BCUT2D eigenvalue weighted by Gasteiger charge is -2.13. The van der Waals surface area contributed by atoms with Crippen LogP contribution in [0.3, 0.4) is 0 Å². The SMILES string of the molecule is CN(Cl)/C(=N\C(=N)c1ccccc1)c1ccccc1. The lowest BCUT2D eigenvalue weighted by Crippen LogP contribution is -2.19. The van der Waals surface area contributed by atoms with Gasteiger partial charge in [0.1, 0.15) is 0 Å². The largest absolute Gasteiger partial charge is 0.282 e. The first kappa shape index (κ1) is 13.3. The van der Waals surface area contributed by atoms with Crippen LogP contribution < -0.4 is 0 Å². The number of hydrogen-bond donors (Lipinski definition) is 1. The first-order valence-corrected chi connectivity index (χ1v) is 6.20. The smallest absolute Gasteiger partial charge is 0.154 e. The van der Waals surface area contributed by atoms with Crippen LogP contribution in [0.25, 0.3) is 0 Å². The van der Waals surface area contributed by atoms with Gasteiger partial charge in [-0.05, 0) is 0 Å². The maximum absolute atomic E-state index is 8.03. The number of rotatable bonds is 2. The van der Waals surface area contributed by atoms with Crippen LogP contribution in [-0.4, -0.2) is 23.1 Å². The number of aliphatic imine (C=N–C) groups is 1. The van der Waals surface area contributed by atoms with E-state index in [1.807, 2.05) is 60.7 Å². The standard InChI is InChI=1S/C15H14ClN3/c1-19(16)15(13-10-6-3-7-11-13)18-14(17)12-8-4-2-5-9-12/h2-11,17H,1H3/b17-14?,18-15-. The zero-order chi connectivity index (χ0) is 13.7. The summed E-state index contributed by atoms with van der Waals surface area (Å²) in [6.45, 7) is 0. The minimum absolute atomic E-state index is 0.187. The summed E-state index contributed by atoms with van der Waals surface area (Å²) in [6, 6.07) is 19.0. The van der Waals surface area contributed by atoms with Crippen LogP contribution in [0.1, 0.15) is 11.1 Å². The second-order valence-corrected chi connectivity index (χ2v) is 4.50. The Morgan fingerprint density at radius 2 is 1.42 bits per heavy atom. The molecular weight excluding hydrogens is 258 g/mol. The van der Waals surface area contributed by atoms with Crippen LogP contribution in [0.5, 0.6) is 0 Å². The molecule has 0 spiro atoms. The fraction of sp³-hybridized carbons (Fsp3) is 0.0667. The lowest BCUT2D eigenvalue weighted by atomic mass is 10.2. The summed E-state index contributed by atoms with van der Waals surface area (Å²) in [5, 5.41) is 8.03. The van der Waals surface area contributed by atoms with Crippen LogP contribution in [0, 0.1) is 5.41 Å². The van der Waals surface area contributed by atoms with E-state index in [1.54, 1.807) is 7.05 Å². The van der Waals surface area contributed by atoms with Gasteiger partial charge in [0.25, 0.3) is 0 Å². The molecule has 4 heteroatoms. The Balaban J connectivity index is 2.35. The van der Waals surface area contributed by atoms with Crippen molar-refractivity contribution < 1.29 is 0 Å². The Labute approximate surface area is 117 Å². The second kappa shape index (κ2) is 6.16. The summed E-state index contributed by atoms with van der Waals surface area (Å²) in [5.74, 6) is 0.739. The molecule has 0 radical (unpaired) electrons. The number of hydrogen-bond acceptors (Lipinski definition) is 1. The minimum Gasteiger partial charge on any atom is -0.282 e. The van der Waals surface area contributed by atoms with Crippen LogP contribution in [0.4, 0.5) is 0 Å². The van der Waals surface area contributed by atoms with E-state index in [0.29, 0.717) is 5.84 Å². The molecule has 96 valence electrons. The fourth-order valence-corrected chi connectivity index (χ4v) is 1.80. The van der Waals surface area contributed by atoms with Crippen molar-refractivity contribution in [1.29, 1.82) is 5.41 Å². The molecule has 0 saturated heterocycles. The van der Waals surface area contributed by atoms with E-state index in [1.165, 1.54) is 4.42 Å². The molecule has 0 atom stereocenters. The lowest BCUT2D eigenvalue weighted by molar-refractivity contribution is 0.822. The van der Waals surface area contributed by atoms with Crippen LogP contribution in [0.15, 0.2) is 65.7 Å². The molecule has 1 N–H and O–H groups in total. The van der Waals surface area contributed by atoms with Gasteiger partial charge >= 0.3 is 0 Å². The van der Waals surface area contributed by atoms with Crippen molar-refractivity contribution in [1.82, 2.24) is 4.42 Å². The number of halogens is 1. The summed E-state index contributed by atoms with van der Waals surface area (Å²) in [5.41, 5.74) is 1.63. The maximum Gasteiger partial charge on any atom is 0.154 e. The van der Waals surface area contributed by atoms with Gasteiger partial charge in [-0.15, -0.1) is 0 Å². The molecule has 19 heavy (non-hydrogen) atoms. The van der Waals surface area contributed by atoms with E-state index in [-0.39, 0.29) is 5.84 Å². The Bertz CT molecular complexity index is 577. The predicted octanol–water partition coefficient (Wildman–Crippen LogP) is 3.54. The highest BCUT2D eigenvalue weighted by atomic mass is 35.5. The van der Waals surface area contributed by atoms with Crippen molar-refractivity contribution in [2.75, 3.05) is 7.05 Å². The first-order valence-electron chi connectivity index (χ1n) is 5.86. The monoisotopic (exact) mass is 271 g/mol. The average Bonchev–Trinajstić information content (AvgIpc) is 2.46. The molecule has 0 saturated carbocycles. The molecule has 3 nitrogen and oxygen atoms in total. The molecule has 0 aliphatic heterocycles. The van der Waals surface area contributed by atoms with Gasteiger partial charge in [0.2, 0.25) is 0 Å². The van der Waals surface area contributed by atoms with Gasteiger partial charge in [-0.3, -0.25) is 9.83 Å². The van der Waals surface area contributed by atoms with E-state index >= 15 is 0 Å². The van der Waals surface area contributed by atoms with Gasteiger partial charge in [0.05, 0.1) is 0 Å². The number of nitrogens with one attached hydrogen (secondary N) is 1. The van der Waals surface area contributed by atoms with Gasteiger partial charge in [0, 0.05) is 30.0 Å². The fourth-order valence-electron chi connectivity index (χ4n) is 1.67. The van der Waals surface area contributed by atoms with Crippen molar-refractivity contribution in [2.24, 2.45) is 4.99 Å². The zero-order valence-corrected chi connectivity index (χ0v) is 11.3. The average molecular weight is 272 g/mol. The summed E-state index contributed by atoms with van der Waals surface area (Å²) >= 11 is 6.02. The first-order chi connectivity index (χ1) is 9.18. The minimum atomic E-state index is 0.187. The Morgan fingerprint density at radius 3 is 1.89 bits per heavy atom. The molecule has 2 aromatic rings. The highest BCUT2D eigenvalue weighted by Gasteiger charge is 2.09. The molecule has 0 amide bonds. The Morgan fingerprint density at radius 1 is 0.947 bits per heavy atom. The molecule has 2 rings (SSSR count). The number of amidine groups is 2. The normalized spacial score (nSPS) is 11.2. The predicted molar refractivity (Wildman–Crippen MR) is 79.9 cm³/mol. The van der Waals surface area contributed by atoms with Crippen LogP contribution in [-0.2, 0) is 0 Å². The Kier molecular flexibility index (Phi) is 4.31. The zero-order valence-electron chi connectivity index (χ0n) is 10.5. The summed E-state index contributed by atoms with van der Waals surface area (Å²) in [4.78, 5) is 4.31. The van der Waals surface area contributed by atoms with Gasteiger partial charge in [-0.2, -0.15) is 0 Å². The Hall–Kier alpha value is -2.13. The molecule has 0 heterocycles. The molecular formula is C15H14ClN3. The quantitative estimate of drug-likeness (QED) is 0.506. The topological polar surface area (TPSA) is 39.5 Å². The second-order valence-electron chi connectivity index (χ2n) is 3.99. The van der Waals surface area contributed by atoms with Crippen molar-refractivity contribution in [2.45, 2.75) is 0 Å². The summed E-state index contributed by atoms with van der Waals surface area (Å²) < 4.78 is 1.40. The van der Waals surface area contributed by atoms with Gasteiger partial charge < -0.3 is 0 Å². The van der Waals surface area contributed by atoms with E-state index in [4.69, 9.17) is 17.2 Å². The van der Waals surface area contributed by atoms with E-state index < -0.39 is 0 Å². The maximum atomic E-state index is 8.03. The molecule has 0 aliphatic carbocycles. The highest BCUT2D eigenvalue weighted by molar-refractivity contribution is 6.26. The van der Waals surface area contributed by atoms with Crippen molar-refractivity contribution in [3.8, 4) is 0 Å². The molecule has 0 unspecified atom stereocenters. The summed E-state index contributed by atoms with van der Waals surface area (Å²) in [6.07, 6.45) is 0. The van der Waals surface area contributed by atoms with E-state index in [9.17, 15) is 0 Å². The molecule has 0 aliphatic rings. The summed E-state index contributed by atoms with van der Waals surface area (Å²) in [7, 11) is 1.70. The molecule has 2 aromatic carbocycles. The van der Waals surface area contributed by atoms with Gasteiger partial charge in [-0.1, -0.05) is 60.7 Å². The third-order valence-corrected chi connectivity index (χ3v) is 2.75. The van der Waals surface area contributed by atoms with E-state index in [2.05, 4.69) is 4.99 Å². The highest BCUT2D eigenvalue weighted by Crippen LogP contribution is 2.09. The third kappa shape index (κ3) is 3.42. The van der Waals surface area contributed by atoms with Crippen molar-refractivity contribution in [3.05, 3.63) is 71.8 Å². The van der Waals surface area contributed by atoms with Crippen molar-refractivity contribution in [3.63, 3.8) is 0 Å². The van der Waals surface area contributed by atoms with E-state index in [0.717, 1.165) is 11.1 Å². The number of benzene rings is 2. The molecule has 0 fully saturated rings. The van der Waals surface area contributed by atoms with Gasteiger partial charge in [-0.25, -0.2) is 4.99 Å². The molecule has 0 bridgehead atoms. The van der Waals surface area contributed by atoms with Gasteiger partial charge in [0.15, 0.2) is 11.7 Å². The molecule has 0 aromatic heterocycles.